The van der Waals surface area contributed by atoms with Gasteiger partial charge in [-0.1, -0.05) is 95.5 Å². The monoisotopic (exact) mass is 1590 g/mol. The SMILES string of the molecule is CC(=O)c1cccnc1Cl.CC(=O)c1cccnc1Nc1ccccc1.CNOC.COC(=O)c1ccc(/C=C/C(=O)c2cccnc2Nc2ccccc2)c(OC)c1.COC(=O)c1ccc(C=O)c(OC)c1.CON(C)C(=O)c1cccnc1Cl.C[O-].Nc1ccccc1.O=C(O)c1cccnc1Cl.[CH3-].[Cl-].[Mg+2].[Na+]. The molecule has 0 unspecified atom stereocenters. The molecule has 109 heavy (non-hydrogen) atoms. The smallest absolute Gasteiger partial charge is 1.00 e. The first kappa shape index (κ1) is 103. The standard InChI is InChI=1S/C23H20N2O4.C13H12N2O.C10H10O4.C8H9ClN2O2.C7H6ClNO.C6H4ClNO2.C6H7N.C2H7NO.CH3O.CH3.ClH.Mg.Na/c1-28-21-15-17(23(27)29-2)11-10-16(21)12-13-20(26)19-9-6-14-24-22(19)25-18-7-4-3-5-8-18;1-10(16)12-8-5-9-14-13(12)15-11-6-3-2-4-7-11;1-13-9-5-7(10(12)14-2)3-4-8(9)6-11;1-11(13-2)8(12)6-4-3-5-10-7(6)9;1-5(10)6-3-2-4-9-7(6)8;7-5-4(6(9)10)2-1-3-8-5;7-6-4-2-1-3-5-6;1-3-4-2;1-2;;;;/h3-15H,1-2H3,(H,24,25);2-9H,1H3,(H,14,15);3-6H,1-2H3;3-5H,1-2H3;2-4H,1H3;1-3H,(H,9,10);1-5H,7H2;3H,1-2H3;1H3;1H3;1H;;/q;;;;;;;;2*-1;;+2;+1/p-1/b13-12+;;;;;;;;;;;;. The molecule has 1 amide bonds. The number of halogens is 4. The van der Waals surface area contributed by atoms with E-state index in [0.717, 1.165) is 29.2 Å². The van der Waals surface area contributed by atoms with Crippen LogP contribution in [0.15, 0.2) is 225 Å². The number of allylic oxidation sites excluding steroid dienone is 1. The molecule has 566 valence electrons. The third kappa shape index (κ3) is 38.5. The van der Waals surface area contributed by atoms with Crippen LogP contribution in [-0.4, -0.2) is 169 Å². The number of nitrogen functional groups attached to an aromatic ring is 1. The van der Waals surface area contributed by atoms with Crippen LogP contribution < -0.4 is 78.4 Å². The number of aldehydes is 1. The van der Waals surface area contributed by atoms with Gasteiger partial charge < -0.3 is 70.2 Å². The molecular formula is C77H81Cl4MgN10NaO16. The Morgan fingerprint density at radius 2 is 0.872 bits per heavy atom. The number of rotatable bonds is 18. The maximum absolute atomic E-state index is 12.8. The number of carbonyl (C=O) groups excluding carboxylic acids is 7. The molecule has 0 atom stereocenters. The second-order valence-electron chi connectivity index (χ2n) is 19.7. The minimum Gasteiger partial charge on any atom is -1.00 e. The Bertz CT molecular complexity index is 4340. The van der Waals surface area contributed by atoms with Gasteiger partial charge in [0.1, 0.15) is 38.6 Å². The van der Waals surface area contributed by atoms with Gasteiger partial charge in [0.15, 0.2) is 23.6 Å². The predicted octanol–water partition coefficient (Wildman–Crippen LogP) is 7.67. The van der Waals surface area contributed by atoms with Crippen molar-refractivity contribution in [3.63, 3.8) is 0 Å². The summed E-state index contributed by atoms with van der Waals surface area (Å²) in [5, 5.41) is 24.5. The van der Waals surface area contributed by atoms with E-state index in [-0.39, 0.29) is 117 Å². The number of benzene rings is 5. The van der Waals surface area contributed by atoms with Crippen molar-refractivity contribution in [2.75, 3.05) is 80.2 Å². The molecule has 6 N–H and O–H groups in total. The number of hydrogen-bond acceptors (Lipinski definition) is 24. The number of pyridine rings is 5. The van der Waals surface area contributed by atoms with Crippen LogP contribution in [0.25, 0.3) is 6.08 Å². The summed E-state index contributed by atoms with van der Waals surface area (Å²) < 4.78 is 19.5. The van der Waals surface area contributed by atoms with Crippen molar-refractivity contribution in [2.45, 2.75) is 13.8 Å². The Morgan fingerprint density at radius 3 is 1.20 bits per heavy atom. The van der Waals surface area contributed by atoms with Gasteiger partial charge in [-0.2, -0.15) is 7.11 Å². The van der Waals surface area contributed by atoms with Crippen molar-refractivity contribution < 1.29 is 119 Å². The van der Waals surface area contributed by atoms with Crippen molar-refractivity contribution in [3.8, 4) is 11.5 Å². The number of anilines is 5. The van der Waals surface area contributed by atoms with Crippen LogP contribution in [-0.2, 0) is 19.1 Å². The Morgan fingerprint density at radius 1 is 0.514 bits per heavy atom. The average Bonchev–Trinajstić information content (AvgIpc) is 0.861. The first-order valence-corrected chi connectivity index (χ1v) is 31.7. The maximum atomic E-state index is 12.8. The summed E-state index contributed by atoms with van der Waals surface area (Å²) >= 11 is 16.7. The molecule has 0 saturated carbocycles. The topological polar surface area (TPSA) is 365 Å². The number of carboxylic acid groups (broad SMARTS) is 1. The summed E-state index contributed by atoms with van der Waals surface area (Å²) in [5.41, 5.74) is 14.0. The number of ether oxygens (including phenoxy) is 4. The second kappa shape index (κ2) is 59.9. The number of hydrogen-bond donors (Lipinski definition) is 5. The van der Waals surface area contributed by atoms with Gasteiger partial charge in [0.25, 0.3) is 5.91 Å². The molecule has 5 aromatic heterocycles. The van der Waals surface area contributed by atoms with Gasteiger partial charge in [0.05, 0.1) is 87.2 Å². The number of nitrogens with one attached hydrogen (secondary N) is 3. The molecule has 26 nitrogen and oxygen atoms in total. The zero-order valence-electron chi connectivity index (χ0n) is 62.1. The summed E-state index contributed by atoms with van der Waals surface area (Å²) in [6.07, 6.45) is 11.6. The van der Waals surface area contributed by atoms with E-state index in [1.54, 1.807) is 106 Å². The first-order chi connectivity index (χ1) is 50.5. The minimum atomic E-state index is -1.06. The van der Waals surface area contributed by atoms with E-state index >= 15 is 0 Å². The van der Waals surface area contributed by atoms with Gasteiger partial charge in [-0.3, -0.25) is 28.8 Å². The number of aromatic nitrogens is 5. The Kier molecular flexibility index (Phi) is 56.6. The largest absolute Gasteiger partial charge is 2.00 e. The summed E-state index contributed by atoms with van der Waals surface area (Å²) in [6.45, 7) is 3.00. The molecular weight excluding hydrogens is 1510 g/mol. The van der Waals surface area contributed by atoms with E-state index in [0.29, 0.717) is 73.9 Å². The van der Waals surface area contributed by atoms with Gasteiger partial charge in [-0.15, -0.1) is 0 Å². The number of aromatic carboxylic acids is 1. The van der Waals surface area contributed by atoms with Crippen molar-refractivity contribution in [1.29, 1.82) is 0 Å². The van der Waals surface area contributed by atoms with Crippen molar-refractivity contribution >= 4 is 140 Å². The number of nitrogens with zero attached hydrogens (tertiary/aromatic N) is 6. The van der Waals surface area contributed by atoms with E-state index in [4.69, 9.17) is 69.8 Å². The molecule has 0 aliphatic rings. The van der Waals surface area contributed by atoms with Crippen molar-refractivity contribution in [2.24, 2.45) is 0 Å². The number of methoxy groups -OCH3 is 4. The molecule has 0 aliphatic carbocycles. The van der Waals surface area contributed by atoms with E-state index in [1.165, 1.54) is 105 Å². The van der Waals surface area contributed by atoms with Gasteiger partial charge in [-0.05, 0) is 153 Å². The molecule has 5 heterocycles. The molecule has 0 radical (unpaired) electrons. The molecule has 10 rings (SSSR count). The van der Waals surface area contributed by atoms with Crippen LogP contribution in [0.1, 0.15) is 102 Å². The molecule has 0 bridgehead atoms. The number of carboxylic acids is 1. The number of nitrogens with two attached hydrogens (primary N) is 1. The Balaban J connectivity index is -0.00000123. The molecule has 0 saturated heterocycles. The third-order valence-corrected chi connectivity index (χ3v) is 13.8. The predicted molar refractivity (Wildman–Crippen MR) is 414 cm³/mol. The van der Waals surface area contributed by atoms with Crippen LogP contribution in [0.4, 0.5) is 28.7 Å². The molecule has 10 aromatic rings. The third-order valence-electron chi connectivity index (χ3n) is 12.9. The van der Waals surface area contributed by atoms with Crippen LogP contribution in [0.5, 0.6) is 11.5 Å². The first-order valence-electron chi connectivity index (χ1n) is 30.6. The number of amides is 1. The molecule has 32 heteroatoms. The fraction of sp³-hybridized carbons (Fsp3) is 0.143. The Hall–Kier alpha value is -10.1. The molecule has 0 fully saturated rings. The summed E-state index contributed by atoms with van der Waals surface area (Å²) in [4.78, 5) is 119. The van der Waals surface area contributed by atoms with E-state index in [1.807, 2.05) is 91.0 Å². The van der Waals surface area contributed by atoms with Crippen LogP contribution in [0.3, 0.4) is 0 Å². The zero-order chi connectivity index (χ0) is 78.1. The summed E-state index contributed by atoms with van der Waals surface area (Å²) in [5.74, 6) is -0.655. The van der Waals surface area contributed by atoms with Crippen molar-refractivity contribution in [3.05, 3.63) is 298 Å². The van der Waals surface area contributed by atoms with Gasteiger partial charge >= 0.3 is 70.5 Å². The zero-order valence-corrected chi connectivity index (χ0v) is 68.5. The molecule has 0 spiro atoms. The van der Waals surface area contributed by atoms with E-state index in [2.05, 4.69) is 50.6 Å². The second-order valence-corrected chi connectivity index (χ2v) is 20.8. The fourth-order valence-corrected chi connectivity index (χ4v) is 8.31. The summed E-state index contributed by atoms with van der Waals surface area (Å²) in [7, 11) is 12.5. The van der Waals surface area contributed by atoms with Crippen LogP contribution >= 0.6 is 34.8 Å². The molecule has 5 aromatic carbocycles. The van der Waals surface area contributed by atoms with Gasteiger partial charge in [-0.25, -0.2) is 49.8 Å². The summed E-state index contributed by atoms with van der Waals surface area (Å²) in [6, 6.07) is 54.5. The van der Waals surface area contributed by atoms with E-state index < -0.39 is 17.9 Å². The number of ketones is 3. The number of esters is 2. The van der Waals surface area contributed by atoms with E-state index in [9.17, 15) is 38.4 Å². The van der Waals surface area contributed by atoms with Crippen molar-refractivity contribution in [1.82, 2.24) is 35.5 Å². The quantitative estimate of drug-likeness (QED) is 0.00633. The maximum Gasteiger partial charge on any atom is 2.00 e. The van der Waals surface area contributed by atoms with Crippen LogP contribution in [0, 0.1) is 7.43 Å². The average molecular weight is 1590 g/mol. The fourth-order valence-electron chi connectivity index (χ4n) is 7.66. The Labute approximate surface area is 692 Å². The number of carbonyl (C=O) groups is 8. The number of Topliss-reactive ketones (excluding diaryl/α,β-unsaturated/α-hetero) is 2. The van der Waals surface area contributed by atoms with Gasteiger partial charge in [0.2, 0.25) is 0 Å². The minimum absolute atomic E-state index is 0. The number of para-hydroxylation sites is 3. The van der Waals surface area contributed by atoms with Crippen LogP contribution in [0.2, 0.25) is 15.5 Å². The number of hydroxylamine groups is 3. The normalized spacial score (nSPS) is 9.20. The van der Waals surface area contributed by atoms with Gasteiger partial charge in [0, 0.05) is 67.7 Å². The molecule has 0 aliphatic heterocycles.